The summed E-state index contributed by atoms with van der Waals surface area (Å²) in [5.41, 5.74) is -1.97. The zero-order chi connectivity index (χ0) is 14.0. The highest BCUT2D eigenvalue weighted by Crippen LogP contribution is 2.33. The van der Waals surface area contributed by atoms with Gasteiger partial charge in [0.15, 0.2) is 0 Å². The molecule has 0 aliphatic carbocycles. The Labute approximate surface area is 98.4 Å². The van der Waals surface area contributed by atoms with Crippen molar-refractivity contribution >= 4 is 12.1 Å². The predicted molar refractivity (Wildman–Crippen MR) is 51.0 cm³/mol. The number of hydrogen-bond acceptors (Lipinski definition) is 2. The number of carbonyl (C=O) groups excluding carboxylic acids is 2. The van der Waals surface area contributed by atoms with Gasteiger partial charge in [0.05, 0.1) is 12.0 Å². The molecule has 0 aromatic heterocycles. The van der Waals surface area contributed by atoms with Crippen molar-refractivity contribution in [1.82, 2.24) is 0 Å². The van der Waals surface area contributed by atoms with Gasteiger partial charge in [-0.3, -0.25) is 4.79 Å². The van der Waals surface area contributed by atoms with Crippen molar-refractivity contribution in [2.45, 2.75) is 18.5 Å². The zero-order valence-corrected chi connectivity index (χ0v) is 8.80. The molecule has 0 radical (unpaired) electrons. The summed E-state index contributed by atoms with van der Waals surface area (Å²) in [4.78, 5) is 20.9. The van der Waals surface area contributed by atoms with E-state index in [-0.39, 0.29) is 6.29 Å². The Morgan fingerprint density at radius 1 is 1.00 bits per heavy atom. The van der Waals surface area contributed by atoms with Gasteiger partial charge in [-0.05, 0) is 12.1 Å². The van der Waals surface area contributed by atoms with Gasteiger partial charge in [-0.1, -0.05) is 12.1 Å². The first-order valence-electron chi connectivity index (χ1n) is 4.72. The van der Waals surface area contributed by atoms with E-state index in [9.17, 15) is 31.5 Å². The third kappa shape index (κ3) is 2.91. The van der Waals surface area contributed by atoms with Gasteiger partial charge in [0.2, 0.25) is 5.78 Å². The molecule has 0 aliphatic heterocycles. The standard InChI is InChI=1S/C11H7F5O2/c12-10(13,9(18)5-6-17)7-1-3-8(4-2-7)11(14,15)16/h1-4,6H,5H2. The van der Waals surface area contributed by atoms with E-state index >= 15 is 0 Å². The van der Waals surface area contributed by atoms with Crippen LogP contribution in [0.4, 0.5) is 22.0 Å². The van der Waals surface area contributed by atoms with Gasteiger partial charge in [-0.25, -0.2) is 0 Å². The molecule has 0 spiro atoms. The summed E-state index contributed by atoms with van der Waals surface area (Å²) in [5, 5.41) is 0. The van der Waals surface area contributed by atoms with Crippen molar-refractivity contribution in [3.8, 4) is 0 Å². The molecular weight excluding hydrogens is 259 g/mol. The third-order valence-electron chi connectivity index (χ3n) is 2.19. The number of alkyl halides is 5. The van der Waals surface area contributed by atoms with E-state index in [0.29, 0.717) is 24.3 Å². The van der Waals surface area contributed by atoms with Crippen LogP contribution in [0.15, 0.2) is 24.3 Å². The Kier molecular flexibility index (Phi) is 3.83. The Hall–Kier alpha value is -1.79. The van der Waals surface area contributed by atoms with E-state index in [4.69, 9.17) is 0 Å². The highest BCUT2D eigenvalue weighted by atomic mass is 19.4. The van der Waals surface area contributed by atoms with Crippen LogP contribution in [-0.2, 0) is 21.7 Å². The second kappa shape index (κ2) is 4.83. The molecule has 0 N–H and O–H groups in total. The van der Waals surface area contributed by atoms with Crippen molar-refractivity contribution in [3.63, 3.8) is 0 Å². The summed E-state index contributed by atoms with van der Waals surface area (Å²) in [6, 6.07) is 1.95. The monoisotopic (exact) mass is 266 g/mol. The summed E-state index contributed by atoms with van der Waals surface area (Å²) >= 11 is 0. The maximum absolute atomic E-state index is 13.4. The molecule has 0 saturated carbocycles. The molecule has 0 fully saturated rings. The number of carbonyl (C=O) groups is 2. The van der Waals surface area contributed by atoms with E-state index in [1.165, 1.54) is 0 Å². The summed E-state index contributed by atoms with van der Waals surface area (Å²) in [7, 11) is 0. The van der Waals surface area contributed by atoms with Gasteiger partial charge in [-0.15, -0.1) is 0 Å². The second-order valence-electron chi connectivity index (χ2n) is 3.44. The van der Waals surface area contributed by atoms with Crippen LogP contribution in [0.5, 0.6) is 0 Å². The highest BCUT2D eigenvalue weighted by Gasteiger charge is 2.40. The average Bonchev–Trinajstić information content (AvgIpc) is 2.28. The minimum atomic E-state index is -4.64. The Balaban J connectivity index is 3.04. The number of hydrogen-bond donors (Lipinski definition) is 0. The lowest BCUT2D eigenvalue weighted by atomic mass is 10.0. The van der Waals surface area contributed by atoms with E-state index in [1.54, 1.807) is 0 Å². The molecule has 1 aromatic rings. The molecule has 0 saturated heterocycles. The highest BCUT2D eigenvalue weighted by molar-refractivity contribution is 5.95. The van der Waals surface area contributed by atoms with E-state index in [0.717, 1.165) is 0 Å². The van der Waals surface area contributed by atoms with Crippen LogP contribution in [0, 0.1) is 0 Å². The van der Waals surface area contributed by atoms with E-state index < -0.39 is 35.4 Å². The lowest BCUT2D eigenvalue weighted by Gasteiger charge is -2.15. The van der Waals surface area contributed by atoms with E-state index in [1.807, 2.05) is 0 Å². The molecule has 98 valence electrons. The van der Waals surface area contributed by atoms with Gasteiger partial charge in [0.25, 0.3) is 0 Å². The normalized spacial score (nSPS) is 12.3. The van der Waals surface area contributed by atoms with Gasteiger partial charge in [-0.2, -0.15) is 22.0 Å². The molecule has 1 aromatic carbocycles. The topological polar surface area (TPSA) is 34.1 Å². The fourth-order valence-corrected chi connectivity index (χ4v) is 1.23. The SMILES string of the molecule is O=CCC(=O)C(F)(F)c1ccc(C(F)(F)F)cc1. The van der Waals surface area contributed by atoms with Crippen LogP contribution in [0.25, 0.3) is 0 Å². The number of ketones is 1. The Morgan fingerprint density at radius 3 is 1.83 bits per heavy atom. The first-order chi connectivity index (χ1) is 8.19. The quantitative estimate of drug-likeness (QED) is 0.477. The molecular formula is C11H7F5O2. The predicted octanol–water partition coefficient (Wildman–Crippen LogP) is 2.96. The van der Waals surface area contributed by atoms with Crippen molar-refractivity contribution < 1.29 is 31.5 Å². The first kappa shape index (κ1) is 14.3. The summed E-state index contributed by atoms with van der Waals surface area (Å²) < 4.78 is 63.3. The summed E-state index contributed by atoms with van der Waals surface area (Å²) in [6.07, 6.45) is -5.62. The molecule has 18 heavy (non-hydrogen) atoms. The van der Waals surface area contributed by atoms with Crippen LogP contribution in [-0.4, -0.2) is 12.1 Å². The van der Waals surface area contributed by atoms with Crippen molar-refractivity contribution in [2.24, 2.45) is 0 Å². The van der Waals surface area contributed by atoms with Crippen LogP contribution >= 0.6 is 0 Å². The molecule has 2 nitrogen and oxygen atoms in total. The fourth-order valence-electron chi connectivity index (χ4n) is 1.23. The molecule has 0 aliphatic rings. The summed E-state index contributed by atoms with van der Waals surface area (Å²) in [6.45, 7) is 0. The third-order valence-corrected chi connectivity index (χ3v) is 2.19. The molecule has 0 unspecified atom stereocenters. The minimum absolute atomic E-state index is 0.0142. The summed E-state index contributed by atoms with van der Waals surface area (Å²) in [5.74, 6) is -5.62. The van der Waals surface area contributed by atoms with E-state index in [2.05, 4.69) is 0 Å². The van der Waals surface area contributed by atoms with Gasteiger partial charge in [0, 0.05) is 5.56 Å². The number of aldehydes is 1. The lowest BCUT2D eigenvalue weighted by molar-refractivity contribution is -0.145. The lowest BCUT2D eigenvalue weighted by Crippen LogP contribution is -2.26. The Morgan fingerprint density at radius 2 is 1.44 bits per heavy atom. The second-order valence-corrected chi connectivity index (χ2v) is 3.44. The Bertz CT molecular complexity index is 447. The molecule has 1 rings (SSSR count). The van der Waals surface area contributed by atoms with Crippen LogP contribution < -0.4 is 0 Å². The number of halogens is 5. The van der Waals surface area contributed by atoms with Crippen molar-refractivity contribution in [1.29, 1.82) is 0 Å². The van der Waals surface area contributed by atoms with Gasteiger partial charge < -0.3 is 4.79 Å². The minimum Gasteiger partial charge on any atom is -0.303 e. The maximum atomic E-state index is 13.4. The molecule has 0 atom stereocenters. The molecule has 7 heteroatoms. The molecule has 0 bridgehead atoms. The van der Waals surface area contributed by atoms with Crippen LogP contribution in [0.3, 0.4) is 0 Å². The molecule has 0 heterocycles. The molecule has 0 amide bonds. The number of benzene rings is 1. The smallest absolute Gasteiger partial charge is 0.303 e. The first-order valence-corrected chi connectivity index (χ1v) is 4.72. The van der Waals surface area contributed by atoms with Gasteiger partial charge >= 0.3 is 12.1 Å². The zero-order valence-electron chi connectivity index (χ0n) is 8.80. The fraction of sp³-hybridized carbons (Fsp3) is 0.273. The van der Waals surface area contributed by atoms with Crippen molar-refractivity contribution in [2.75, 3.05) is 0 Å². The van der Waals surface area contributed by atoms with Gasteiger partial charge in [0.1, 0.15) is 6.29 Å². The largest absolute Gasteiger partial charge is 0.416 e. The maximum Gasteiger partial charge on any atom is 0.416 e. The number of Topliss-reactive ketones (excluding diaryl/α,β-unsaturated/α-hetero) is 1. The van der Waals surface area contributed by atoms with Crippen LogP contribution in [0.1, 0.15) is 17.5 Å². The number of rotatable bonds is 4. The van der Waals surface area contributed by atoms with Crippen molar-refractivity contribution in [3.05, 3.63) is 35.4 Å². The average molecular weight is 266 g/mol. The van der Waals surface area contributed by atoms with Crippen LogP contribution in [0.2, 0.25) is 0 Å².